The van der Waals surface area contributed by atoms with Crippen LogP contribution < -0.4 is 19.9 Å². The van der Waals surface area contributed by atoms with Gasteiger partial charge in [-0.3, -0.25) is 0 Å². The highest BCUT2D eigenvalue weighted by Gasteiger charge is 2.33. The molecule has 1 aliphatic heterocycles. The normalized spacial score (nSPS) is 19.5. The SMILES string of the molecule is COc1ccnc(NC[C@H]2C[C@@H](OC)CN2c2cc(N(C)C)ncn2)n1. The highest BCUT2D eigenvalue weighted by molar-refractivity contribution is 5.51. The molecule has 1 fully saturated rings. The summed E-state index contributed by atoms with van der Waals surface area (Å²) in [6.45, 7) is 1.46. The van der Waals surface area contributed by atoms with Gasteiger partial charge in [-0.25, -0.2) is 15.0 Å². The second-order valence-corrected chi connectivity index (χ2v) is 6.33. The number of aromatic nitrogens is 4. The highest BCUT2D eigenvalue weighted by Crippen LogP contribution is 2.27. The first-order valence-corrected chi connectivity index (χ1v) is 8.50. The van der Waals surface area contributed by atoms with Crippen LogP contribution in [-0.4, -0.2) is 73.5 Å². The topological polar surface area (TPSA) is 88.5 Å². The number of methoxy groups -OCH3 is 2. The smallest absolute Gasteiger partial charge is 0.226 e. The van der Waals surface area contributed by atoms with Crippen LogP contribution in [0.15, 0.2) is 24.7 Å². The Bertz CT molecular complexity index is 728. The van der Waals surface area contributed by atoms with Crippen molar-refractivity contribution in [2.45, 2.75) is 18.6 Å². The summed E-state index contributed by atoms with van der Waals surface area (Å²) in [4.78, 5) is 21.5. The minimum atomic E-state index is 0.158. The van der Waals surface area contributed by atoms with E-state index in [1.54, 1.807) is 32.8 Å². The molecule has 1 saturated heterocycles. The van der Waals surface area contributed by atoms with E-state index < -0.39 is 0 Å². The molecule has 0 aromatic carbocycles. The lowest BCUT2D eigenvalue weighted by molar-refractivity contribution is 0.118. The fraction of sp³-hybridized carbons (Fsp3) is 0.529. The minimum Gasteiger partial charge on any atom is -0.481 e. The van der Waals surface area contributed by atoms with E-state index in [1.807, 2.05) is 25.1 Å². The molecule has 0 amide bonds. The predicted molar refractivity (Wildman–Crippen MR) is 100.0 cm³/mol. The van der Waals surface area contributed by atoms with Crippen molar-refractivity contribution in [1.82, 2.24) is 19.9 Å². The van der Waals surface area contributed by atoms with E-state index in [-0.39, 0.29) is 12.1 Å². The molecule has 0 radical (unpaired) electrons. The Labute approximate surface area is 153 Å². The zero-order valence-electron chi connectivity index (χ0n) is 15.6. The van der Waals surface area contributed by atoms with E-state index in [0.29, 0.717) is 18.4 Å². The van der Waals surface area contributed by atoms with Crippen LogP contribution in [0.4, 0.5) is 17.6 Å². The highest BCUT2D eigenvalue weighted by atomic mass is 16.5. The van der Waals surface area contributed by atoms with Crippen LogP contribution in [0.2, 0.25) is 0 Å². The molecule has 2 aromatic heterocycles. The van der Waals surface area contributed by atoms with E-state index in [0.717, 1.165) is 24.6 Å². The summed E-state index contributed by atoms with van der Waals surface area (Å²) in [5.41, 5.74) is 0. The number of nitrogens with zero attached hydrogens (tertiary/aromatic N) is 6. The van der Waals surface area contributed by atoms with Crippen LogP contribution in [0.1, 0.15) is 6.42 Å². The maximum Gasteiger partial charge on any atom is 0.226 e. The van der Waals surface area contributed by atoms with Gasteiger partial charge in [0.05, 0.1) is 19.3 Å². The Morgan fingerprint density at radius 1 is 1.27 bits per heavy atom. The fourth-order valence-corrected chi connectivity index (χ4v) is 3.01. The number of hydrogen-bond donors (Lipinski definition) is 1. The molecule has 2 aromatic rings. The van der Waals surface area contributed by atoms with Crippen LogP contribution in [0.25, 0.3) is 0 Å². The molecule has 2 atom stereocenters. The second-order valence-electron chi connectivity index (χ2n) is 6.33. The molecule has 1 aliphatic rings. The van der Waals surface area contributed by atoms with Gasteiger partial charge >= 0.3 is 0 Å². The average Bonchev–Trinajstić information content (AvgIpc) is 3.10. The van der Waals surface area contributed by atoms with Crippen LogP contribution in [0, 0.1) is 0 Å². The van der Waals surface area contributed by atoms with Crippen molar-refractivity contribution in [3.05, 3.63) is 24.7 Å². The lowest BCUT2D eigenvalue weighted by Gasteiger charge is -2.26. The number of rotatable bonds is 7. The Kier molecular flexibility index (Phi) is 5.67. The van der Waals surface area contributed by atoms with Gasteiger partial charge in [-0.1, -0.05) is 0 Å². The summed E-state index contributed by atoms with van der Waals surface area (Å²) in [6.07, 6.45) is 4.33. The Balaban J connectivity index is 1.74. The third kappa shape index (κ3) is 4.10. The fourth-order valence-electron chi connectivity index (χ4n) is 3.01. The molecule has 1 N–H and O–H groups in total. The maximum atomic E-state index is 5.58. The van der Waals surface area contributed by atoms with Gasteiger partial charge in [-0.05, 0) is 6.42 Å². The zero-order valence-corrected chi connectivity index (χ0v) is 15.6. The molecular formula is C17H25N7O2. The van der Waals surface area contributed by atoms with Crippen molar-refractivity contribution in [2.75, 3.05) is 56.5 Å². The molecule has 9 heteroatoms. The van der Waals surface area contributed by atoms with Crippen LogP contribution in [-0.2, 0) is 4.74 Å². The Hall–Kier alpha value is -2.68. The molecule has 26 heavy (non-hydrogen) atoms. The monoisotopic (exact) mass is 359 g/mol. The summed E-state index contributed by atoms with van der Waals surface area (Å²) in [5, 5.41) is 3.29. The first-order chi connectivity index (χ1) is 12.6. The summed E-state index contributed by atoms with van der Waals surface area (Å²) in [5.74, 6) is 2.84. The van der Waals surface area contributed by atoms with Crippen molar-refractivity contribution in [2.24, 2.45) is 0 Å². The largest absolute Gasteiger partial charge is 0.481 e. The van der Waals surface area contributed by atoms with E-state index in [4.69, 9.17) is 9.47 Å². The number of ether oxygens (including phenoxy) is 2. The molecule has 0 bridgehead atoms. The van der Waals surface area contributed by atoms with Gasteiger partial charge in [-0.2, -0.15) is 4.98 Å². The van der Waals surface area contributed by atoms with Crippen molar-refractivity contribution in [3.8, 4) is 5.88 Å². The third-order valence-corrected chi connectivity index (χ3v) is 4.44. The molecular weight excluding hydrogens is 334 g/mol. The Morgan fingerprint density at radius 2 is 2.12 bits per heavy atom. The molecule has 0 spiro atoms. The van der Waals surface area contributed by atoms with Crippen LogP contribution >= 0.6 is 0 Å². The number of anilines is 3. The quantitative estimate of drug-likeness (QED) is 0.779. The van der Waals surface area contributed by atoms with E-state index in [1.165, 1.54) is 0 Å². The van der Waals surface area contributed by atoms with Crippen LogP contribution in [0.3, 0.4) is 0 Å². The summed E-state index contributed by atoms with van der Waals surface area (Å²) < 4.78 is 10.7. The third-order valence-electron chi connectivity index (χ3n) is 4.44. The molecule has 9 nitrogen and oxygen atoms in total. The standard InChI is InChI=1S/C17H25N7O2/c1-23(2)14-8-15(21-11-20-14)24-10-13(25-3)7-12(24)9-19-17-18-6-5-16(22-17)26-4/h5-6,8,11-13H,7,9-10H2,1-4H3,(H,18,19,22)/t12-,13-/m1/s1. The number of hydrogen-bond acceptors (Lipinski definition) is 9. The van der Waals surface area contributed by atoms with E-state index >= 15 is 0 Å². The first kappa shape index (κ1) is 18.1. The lowest BCUT2D eigenvalue weighted by Crippen LogP contribution is -2.36. The van der Waals surface area contributed by atoms with Gasteiger partial charge in [0.1, 0.15) is 18.0 Å². The number of nitrogens with one attached hydrogen (secondary N) is 1. The van der Waals surface area contributed by atoms with Crippen molar-refractivity contribution >= 4 is 17.6 Å². The maximum absolute atomic E-state index is 5.58. The molecule has 3 heterocycles. The van der Waals surface area contributed by atoms with Crippen LogP contribution in [0.5, 0.6) is 5.88 Å². The van der Waals surface area contributed by atoms with Gasteiger partial charge in [0.25, 0.3) is 0 Å². The average molecular weight is 359 g/mol. The van der Waals surface area contributed by atoms with Gasteiger partial charge in [-0.15, -0.1) is 0 Å². The first-order valence-electron chi connectivity index (χ1n) is 8.50. The molecule has 0 saturated carbocycles. The zero-order chi connectivity index (χ0) is 18.5. The van der Waals surface area contributed by atoms with Gasteiger partial charge in [0, 0.05) is 52.6 Å². The molecule has 3 rings (SSSR count). The van der Waals surface area contributed by atoms with Gasteiger partial charge in [0.2, 0.25) is 11.8 Å². The molecule has 0 aliphatic carbocycles. The summed E-state index contributed by atoms with van der Waals surface area (Å²) in [7, 11) is 7.26. The van der Waals surface area contributed by atoms with Gasteiger partial charge < -0.3 is 24.6 Å². The summed E-state index contributed by atoms with van der Waals surface area (Å²) >= 11 is 0. The Morgan fingerprint density at radius 3 is 2.85 bits per heavy atom. The predicted octanol–water partition coefficient (Wildman–Crippen LogP) is 1.05. The second kappa shape index (κ2) is 8.13. The molecule has 140 valence electrons. The lowest BCUT2D eigenvalue weighted by atomic mass is 10.2. The van der Waals surface area contributed by atoms with Crippen molar-refractivity contribution < 1.29 is 9.47 Å². The van der Waals surface area contributed by atoms with Crippen molar-refractivity contribution in [3.63, 3.8) is 0 Å². The van der Waals surface area contributed by atoms with E-state index in [2.05, 4.69) is 30.2 Å². The van der Waals surface area contributed by atoms with Gasteiger partial charge in [0.15, 0.2) is 0 Å². The van der Waals surface area contributed by atoms with Crippen molar-refractivity contribution in [1.29, 1.82) is 0 Å². The van der Waals surface area contributed by atoms with E-state index in [9.17, 15) is 0 Å². The minimum absolute atomic E-state index is 0.158. The summed E-state index contributed by atoms with van der Waals surface area (Å²) in [6, 6.07) is 3.92. The molecule has 0 unspecified atom stereocenters.